The van der Waals surface area contributed by atoms with Crippen LogP contribution in [0, 0.1) is 11.8 Å². The molecule has 0 aromatic rings. The number of allylic oxidation sites excluding steroid dienone is 2. The number of aliphatic hydroxyl groups is 2. The van der Waals surface area contributed by atoms with Crippen molar-refractivity contribution in [2.45, 2.75) is 84.2 Å². The Balaban J connectivity index is 4.44. The molecule has 2 N–H and O–H groups in total. The van der Waals surface area contributed by atoms with Crippen molar-refractivity contribution >= 4 is 0 Å². The van der Waals surface area contributed by atoms with E-state index in [1.165, 1.54) is 5.57 Å². The Bertz CT molecular complexity index is 431. The zero-order chi connectivity index (χ0) is 21.5. The Morgan fingerprint density at radius 3 is 2.25 bits per heavy atom. The summed E-state index contributed by atoms with van der Waals surface area (Å²) < 4.78 is 15.9. The minimum atomic E-state index is -0.513. The zero-order valence-corrected chi connectivity index (χ0v) is 19.1. The maximum atomic E-state index is 10.4. The highest BCUT2D eigenvalue weighted by Gasteiger charge is 2.18. The van der Waals surface area contributed by atoms with Crippen LogP contribution in [0.15, 0.2) is 23.8 Å². The van der Waals surface area contributed by atoms with Crippen molar-refractivity contribution in [2.24, 2.45) is 11.8 Å². The van der Waals surface area contributed by atoms with E-state index in [0.29, 0.717) is 18.9 Å². The molecule has 0 heterocycles. The van der Waals surface area contributed by atoms with Crippen molar-refractivity contribution in [1.29, 1.82) is 0 Å². The molecule has 5 nitrogen and oxygen atoms in total. The molecule has 6 atom stereocenters. The van der Waals surface area contributed by atoms with Gasteiger partial charge in [-0.25, -0.2) is 0 Å². The summed E-state index contributed by atoms with van der Waals surface area (Å²) in [6.45, 7) is 8.74. The van der Waals surface area contributed by atoms with E-state index in [1.807, 2.05) is 19.1 Å². The molecule has 0 aromatic heterocycles. The molecule has 0 amide bonds. The van der Waals surface area contributed by atoms with Gasteiger partial charge in [-0.05, 0) is 38.5 Å². The largest absolute Gasteiger partial charge is 0.393 e. The van der Waals surface area contributed by atoms with Crippen LogP contribution in [0.1, 0.15) is 59.8 Å². The minimum Gasteiger partial charge on any atom is -0.393 e. The van der Waals surface area contributed by atoms with E-state index in [9.17, 15) is 10.2 Å². The first kappa shape index (κ1) is 27.3. The minimum absolute atomic E-state index is 0.0356. The van der Waals surface area contributed by atoms with Gasteiger partial charge in [0.2, 0.25) is 0 Å². The van der Waals surface area contributed by atoms with Gasteiger partial charge in [0.25, 0.3) is 0 Å². The quantitative estimate of drug-likeness (QED) is 0.381. The summed E-state index contributed by atoms with van der Waals surface area (Å²) in [5.41, 5.74) is 1.17. The third kappa shape index (κ3) is 12.0. The highest BCUT2D eigenvalue weighted by Crippen LogP contribution is 2.20. The smallest absolute Gasteiger partial charge is 0.0798 e. The SMILES string of the molecule is CCC(OC)C(C)CCC(O)C(C)/C=C/C=C(\C)CC(CC(O)COC)OC. The summed E-state index contributed by atoms with van der Waals surface area (Å²) in [5, 5.41) is 20.3. The first-order chi connectivity index (χ1) is 13.3. The third-order valence-electron chi connectivity index (χ3n) is 5.44. The zero-order valence-electron chi connectivity index (χ0n) is 19.1. The number of hydrogen-bond donors (Lipinski definition) is 2. The molecule has 0 fully saturated rings. The maximum absolute atomic E-state index is 10.4. The third-order valence-corrected chi connectivity index (χ3v) is 5.44. The molecule has 6 unspecified atom stereocenters. The Morgan fingerprint density at radius 1 is 1.04 bits per heavy atom. The topological polar surface area (TPSA) is 68.2 Å². The lowest BCUT2D eigenvalue weighted by Gasteiger charge is -2.23. The lowest BCUT2D eigenvalue weighted by atomic mass is 9.91. The van der Waals surface area contributed by atoms with E-state index in [2.05, 4.69) is 26.8 Å². The molecule has 0 saturated carbocycles. The second-order valence-electron chi connectivity index (χ2n) is 7.97. The van der Waals surface area contributed by atoms with Gasteiger partial charge in [0.15, 0.2) is 0 Å². The average Bonchev–Trinajstić information content (AvgIpc) is 2.66. The van der Waals surface area contributed by atoms with E-state index >= 15 is 0 Å². The Kier molecular flexibility index (Phi) is 15.7. The van der Waals surface area contributed by atoms with Crippen molar-refractivity contribution < 1.29 is 24.4 Å². The van der Waals surface area contributed by atoms with Gasteiger partial charge in [0.05, 0.1) is 31.0 Å². The van der Waals surface area contributed by atoms with Crippen LogP contribution in [-0.2, 0) is 14.2 Å². The van der Waals surface area contributed by atoms with Gasteiger partial charge in [-0.1, -0.05) is 44.6 Å². The van der Waals surface area contributed by atoms with Crippen molar-refractivity contribution in [2.75, 3.05) is 27.9 Å². The van der Waals surface area contributed by atoms with Gasteiger partial charge in [0.1, 0.15) is 0 Å². The predicted octanol–water partition coefficient (Wildman–Crippen LogP) is 4.13. The Labute approximate surface area is 172 Å². The van der Waals surface area contributed by atoms with E-state index < -0.39 is 6.10 Å². The number of ether oxygens (including phenoxy) is 3. The number of hydrogen-bond acceptors (Lipinski definition) is 5. The fourth-order valence-corrected chi connectivity index (χ4v) is 3.46. The summed E-state index contributed by atoms with van der Waals surface area (Å²) in [7, 11) is 5.00. The molecule has 0 aliphatic heterocycles. The molecule has 0 bridgehead atoms. The lowest BCUT2D eigenvalue weighted by Crippen LogP contribution is -2.23. The van der Waals surface area contributed by atoms with Gasteiger partial charge in [-0.2, -0.15) is 0 Å². The summed E-state index contributed by atoms with van der Waals surface area (Å²) >= 11 is 0. The highest BCUT2D eigenvalue weighted by molar-refractivity contribution is 5.12. The van der Waals surface area contributed by atoms with E-state index in [1.54, 1.807) is 21.3 Å². The molecule has 166 valence electrons. The second-order valence-corrected chi connectivity index (χ2v) is 7.97. The summed E-state index contributed by atoms with van der Waals surface area (Å²) in [5.74, 6) is 0.544. The lowest BCUT2D eigenvalue weighted by molar-refractivity contribution is 0.00876. The van der Waals surface area contributed by atoms with Gasteiger partial charge in [0, 0.05) is 33.7 Å². The molecule has 0 aliphatic carbocycles. The molecular weight excluding hydrogens is 356 g/mol. The molecule has 0 radical (unpaired) electrons. The van der Waals surface area contributed by atoms with E-state index in [4.69, 9.17) is 14.2 Å². The molecule has 0 aliphatic rings. The normalized spacial score (nSPS) is 19.4. The van der Waals surface area contributed by atoms with Crippen LogP contribution in [0.25, 0.3) is 0 Å². The molecule has 0 aromatic carbocycles. The summed E-state index contributed by atoms with van der Waals surface area (Å²) in [6, 6.07) is 0. The van der Waals surface area contributed by atoms with Crippen molar-refractivity contribution in [3.05, 3.63) is 23.8 Å². The van der Waals surface area contributed by atoms with Crippen molar-refractivity contribution in [3.63, 3.8) is 0 Å². The summed E-state index contributed by atoms with van der Waals surface area (Å²) in [6.07, 6.45) is 9.52. The van der Waals surface area contributed by atoms with Gasteiger partial charge < -0.3 is 24.4 Å². The van der Waals surface area contributed by atoms with E-state index in [-0.39, 0.29) is 24.2 Å². The van der Waals surface area contributed by atoms with Crippen LogP contribution in [-0.4, -0.2) is 62.6 Å². The Hall–Kier alpha value is -0.720. The Morgan fingerprint density at radius 2 is 1.71 bits per heavy atom. The first-order valence-electron chi connectivity index (χ1n) is 10.5. The first-order valence-corrected chi connectivity index (χ1v) is 10.5. The van der Waals surface area contributed by atoms with Crippen LogP contribution >= 0.6 is 0 Å². The molecular formula is C23H44O5. The standard InChI is InChI=1S/C23H44O5/c1-8-23(28-7)19(4)12-13-22(25)18(3)11-9-10-17(2)14-21(27-6)15-20(24)16-26-5/h9-11,18-25H,8,12-16H2,1-7H3/b11-9+,17-10+. The number of methoxy groups -OCH3 is 3. The summed E-state index contributed by atoms with van der Waals surface area (Å²) in [4.78, 5) is 0. The fourth-order valence-electron chi connectivity index (χ4n) is 3.46. The van der Waals surface area contributed by atoms with Crippen LogP contribution in [0.4, 0.5) is 0 Å². The van der Waals surface area contributed by atoms with Crippen LogP contribution < -0.4 is 0 Å². The van der Waals surface area contributed by atoms with Gasteiger partial charge in [-0.3, -0.25) is 0 Å². The van der Waals surface area contributed by atoms with Crippen LogP contribution in [0.3, 0.4) is 0 Å². The highest BCUT2D eigenvalue weighted by atomic mass is 16.5. The molecule has 0 spiro atoms. The van der Waals surface area contributed by atoms with E-state index in [0.717, 1.165) is 25.7 Å². The molecule has 5 heteroatoms. The average molecular weight is 401 g/mol. The van der Waals surface area contributed by atoms with Gasteiger partial charge in [-0.15, -0.1) is 0 Å². The maximum Gasteiger partial charge on any atom is 0.0798 e. The molecule has 0 saturated heterocycles. The van der Waals surface area contributed by atoms with Crippen LogP contribution in [0.5, 0.6) is 0 Å². The fraction of sp³-hybridized carbons (Fsp3) is 0.826. The molecule has 0 rings (SSSR count). The van der Waals surface area contributed by atoms with Crippen molar-refractivity contribution in [1.82, 2.24) is 0 Å². The number of rotatable bonds is 16. The van der Waals surface area contributed by atoms with Gasteiger partial charge >= 0.3 is 0 Å². The second kappa shape index (κ2) is 16.1. The number of aliphatic hydroxyl groups excluding tert-OH is 2. The monoisotopic (exact) mass is 400 g/mol. The molecule has 28 heavy (non-hydrogen) atoms. The predicted molar refractivity (Wildman–Crippen MR) is 115 cm³/mol. The van der Waals surface area contributed by atoms with Crippen molar-refractivity contribution in [3.8, 4) is 0 Å². The van der Waals surface area contributed by atoms with Crippen LogP contribution in [0.2, 0.25) is 0 Å².